The van der Waals surface area contributed by atoms with Crippen LogP contribution in [-0.2, 0) is 4.79 Å². The van der Waals surface area contributed by atoms with Gasteiger partial charge in [0.05, 0.1) is 28.8 Å². The monoisotopic (exact) mass is 481 g/mol. The van der Waals surface area contributed by atoms with Crippen LogP contribution in [0.3, 0.4) is 0 Å². The number of hydrogen-bond donors (Lipinski definition) is 2. The number of nitrogens with one attached hydrogen (secondary N) is 1. The molecule has 0 radical (unpaired) electrons. The van der Waals surface area contributed by atoms with Gasteiger partial charge in [0.25, 0.3) is 5.91 Å². The molecule has 3 N–H and O–H groups in total. The van der Waals surface area contributed by atoms with Crippen LogP contribution in [0.15, 0.2) is 65.3 Å². The lowest BCUT2D eigenvalue weighted by Crippen LogP contribution is -2.50. The fourth-order valence-corrected chi connectivity index (χ4v) is 4.78. The first-order valence-corrected chi connectivity index (χ1v) is 11.0. The van der Waals surface area contributed by atoms with E-state index in [-0.39, 0.29) is 33.3 Å². The standard InChI is InChI=1S/C24H21Cl2N5O2/c1-24(2)10-17-20(18(32)11-24)19(13-5-3-6-14(25)9-13)16(12-27)22(28)31(17)30-23(33)15-7-4-8-29-21(15)26/h3-9,19H,10-11,28H2,1-2H3,(H,30,33). The fraction of sp³-hybridized carbons (Fsp3) is 0.250. The summed E-state index contributed by atoms with van der Waals surface area (Å²) in [6, 6.07) is 12.3. The minimum atomic E-state index is -0.678. The van der Waals surface area contributed by atoms with Crippen LogP contribution in [0.5, 0.6) is 0 Å². The summed E-state index contributed by atoms with van der Waals surface area (Å²) in [6.07, 6.45) is 2.24. The highest BCUT2D eigenvalue weighted by Gasteiger charge is 2.45. The van der Waals surface area contributed by atoms with E-state index in [1.54, 1.807) is 24.3 Å². The predicted octanol–water partition coefficient (Wildman–Crippen LogP) is 4.47. The third-order valence-corrected chi connectivity index (χ3v) is 6.32. The highest BCUT2D eigenvalue weighted by Crippen LogP contribution is 2.48. The summed E-state index contributed by atoms with van der Waals surface area (Å²) in [7, 11) is 0. The number of carbonyl (C=O) groups is 2. The number of allylic oxidation sites excluding steroid dienone is 3. The van der Waals surface area contributed by atoms with Crippen LogP contribution in [0, 0.1) is 16.7 Å². The van der Waals surface area contributed by atoms with Crippen LogP contribution in [-0.4, -0.2) is 21.7 Å². The Labute approximate surface area is 201 Å². The zero-order valence-electron chi connectivity index (χ0n) is 18.0. The Morgan fingerprint density at radius 2 is 2.03 bits per heavy atom. The second-order valence-electron chi connectivity index (χ2n) is 8.82. The number of carbonyl (C=O) groups excluding carboxylic acids is 2. The number of hydrazine groups is 1. The van der Waals surface area contributed by atoms with Crippen LogP contribution >= 0.6 is 23.2 Å². The van der Waals surface area contributed by atoms with Gasteiger partial charge in [-0.15, -0.1) is 0 Å². The number of hydrogen-bond acceptors (Lipinski definition) is 6. The third kappa shape index (κ3) is 4.20. The number of rotatable bonds is 3. The first-order chi connectivity index (χ1) is 15.6. The van der Waals surface area contributed by atoms with Crippen LogP contribution in [0.25, 0.3) is 0 Å². The van der Waals surface area contributed by atoms with Gasteiger partial charge < -0.3 is 5.73 Å². The topological polar surface area (TPSA) is 112 Å². The summed E-state index contributed by atoms with van der Waals surface area (Å²) in [5.41, 5.74) is 10.8. The molecular formula is C24H21Cl2N5O2. The maximum Gasteiger partial charge on any atom is 0.273 e. The van der Waals surface area contributed by atoms with E-state index in [0.717, 1.165) is 0 Å². The van der Waals surface area contributed by atoms with Crippen molar-refractivity contribution in [2.75, 3.05) is 0 Å². The number of benzene rings is 1. The Kier molecular flexibility index (Phi) is 5.91. The Balaban J connectivity index is 1.88. The molecule has 9 heteroatoms. The molecule has 1 atom stereocenters. The first-order valence-electron chi connectivity index (χ1n) is 10.3. The van der Waals surface area contributed by atoms with Crippen molar-refractivity contribution in [3.8, 4) is 6.07 Å². The molecule has 1 aliphatic carbocycles. The van der Waals surface area contributed by atoms with Crippen molar-refractivity contribution >= 4 is 34.9 Å². The third-order valence-electron chi connectivity index (χ3n) is 5.78. The van der Waals surface area contributed by atoms with Crippen molar-refractivity contribution in [2.24, 2.45) is 11.1 Å². The molecule has 0 fully saturated rings. The molecule has 2 aliphatic rings. The molecule has 7 nitrogen and oxygen atoms in total. The predicted molar refractivity (Wildman–Crippen MR) is 125 cm³/mol. The SMILES string of the molecule is CC1(C)CC(=O)C2=C(C1)N(NC(=O)c1cccnc1Cl)C(N)=C(C#N)C2c1cccc(Cl)c1. The van der Waals surface area contributed by atoms with E-state index in [9.17, 15) is 14.9 Å². The summed E-state index contributed by atoms with van der Waals surface area (Å²) in [5, 5.41) is 11.9. The summed E-state index contributed by atoms with van der Waals surface area (Å²) in [4.78, 5) is 30.4. The molecular weight excluding hydrogens is 461 g/mol. The smallest absolute Gasteiger partial charge is 0.273 e. The van der Waals surface area contributed by atoms with Gasteiger partial charge in [-0.25, -0.2) is 9.99 Å². The van der Waals surface area contributed by atoms with E-state index in [1.165, 1.54) is 17.3 Å². The van der Waals surface area contributed by atoms with Gasteiger partial charge >= 0.3 is 0 Å². The molecule has 1 aliphatic heterocycles. The molecule has 1 unspecified atom stereocenters. The van der Waals surface area contributed by atoms with Gasteiger partial charge in [-0.05, 0) is 41.7 Å². The summed E-state index contributed by atoms with van der Waals surface area (Å²) in [6.45, 7) is 3.95. The second-order valence-corrected chi connectivity index (χ2v) is 9.61. The lowest BCUT2D eigenvalue weighted by Gasteiger charge is -2.43. The van der Waals surface area contributed by atoms with Crippen molar-refractivity contribution in [3.63, 3.8) is 0 Å². The number of nitrogens with zero attached hydrogens (tertiary/aromatic N) is 3. The van der Waals surface area contributed by atoms with Crippen LogP contribution in [0.4, 0.5) is 0 Å². The number of nitriles is 1. The second kappa shape index (κ2) is 8.54. The number of aromatic nitrogens is 1. The maximum atomic E-state index is 13.4. The Morgan fingerprint density at radius 3 is 2.70 bits per heavy atom. The van der Waals surface area contributed by atoms with E-state index >= 15 is 0 Å². The minimum absolute atomic E-state index is 0.0288. The molecule has 33 heavy (non-hydrogen) atoms. The summed E-state index contributed by atoms with van der Waals surface area (Å²) < 4.78 is 0. The number of ketones is 1. The quantitative estimate of drug-likeness (QED) is 0.625. The highest BCUT2D eigenvalue weighted by atomic mass is 35.5. The molecule has 2 heterocycles. The van der Waals surface area contributed by atoms with Gasteiger partial charge in [0.1, 0.15) is 11.0 Å². The maximum absolute atomic E-state index is 13.4. The molecule has 168 valence electrons. The summed E-state index contributed by atoms with van der Waals surface area (Å²) >= 11 is 12.3. The van der Waals surface area contributed by atoms with Crippen molar-refractivity contribution in [3.05, 3.63) is 86.6 Å². The summed E-state index contributed by atoms with van der Waals surface area (Å²) in [5.74, 6) is -1.30. The van der Waals surface area contributed by atoms with Crippen molar-refractivity contribution in [2.45, 2.75) is 32.6 Å². The van der Waals surface area contributed by atoms with Gasteiger partial charge in [-0.2, -0.15) is 5.26 Å². The van der Waals surface area contributed by atoms with Crippen molar-refractivity contribution in [1.82, 2.24) is 15.4 Å². The zero-order valence-corrected chi connectivity index (χ0v) is 19.5. The van der Waals surface area contributed by atoms with Crippen molar-refractivity contribution < 1.29 is 9.59 Å². The number of amides is 1. The van der Waals surface area contributed by atoms with E-state index in [2.05, 4.69) is 16.5 Å². The zero-order chi connectivity index (χ0) is 23.9. The lowest BCUT2D eigenvalue weighted by atomic mass is 9.69. The number of pyridine rings is 1. The van der Waals surface area contributed by atoms with Crippen LogP contribution in [0.1, 0.15) is 48.5 Å². The molecule has 1 amide bonds. The Hall–Kier alpha value is -3.34. The van der Waals surface area contributed by atoms with E-state index < -0.39 is 11.8 Å². The molecule has 1 aromatic heterocycles. The Bertz CT molecular complexity index is 1280. The molecule has 0 saturated heterocycles. The highest BCUT2D eigenvalue weighted by molar-refractivity contribution is 6.32. The lowest BCUT2D eigenvalue weighted by molar-refractivity contribution is -0.118. The van der Waals surface area contributed by atoms with E-state index in [0.29, 0.717) is 34.7 Å². The van der Waals surface area contributed by atoms with Gasteiger partial charge in [-0.3, -0.25) is 15.0 Å². The number of nitrogens with two attached hydrogens (primary N) is 1. The van der Waals surface area contributed by atoms with Gasteiger partial charge in [0.2, 0.25) is 0 Å². The molecule has 1 aromatic carbocycles. The molecule has 0 bridgehead atoms. The van der Waals surface area contributed by atoms with E-state index in [1.807, 2.05) is 19.9 Å². The Morgan fingerprint density at radius 1 is 1.27 bits per heavy atom. The molecule has 0 spiro atoms. The van der Waals surface area contributed by atoms with Gasteiger partial charge in [-0.1, -0.05) is 49.2 Å². The van der Waals surface area contributed by atoms with Gasteiger partial charge in [0, 0.05) is 23.2 Å². The fourth-order valence-electron chi connectivity index (χ4n) is 4.37. The normalized spacial score (nSPS) is 19.8. The molecule has 4 rings (SSSR count). The van der Waals surface area contributed by atoms with Crippen molar-refractivity contribution in [1.29, 1.82) is 5.26 Å². The number of halogens is 2. The largest absolute Gasteiger partial charge is 0.383 e. The average Bonchev–Trinajstić information content (AvgIpc) is 2.75. The van der Waals surface area contributed by atoms with Gasteiger partial charge in [0.15, 0.2) is 5.78 Å². The van der Waals surface area contributed by atoms with E-state index in [4.69, 9.17) is 28.9 Å². The van der Waals surface area contributed by atoms with Crippen LogP contribution < -0.4 is 11.2 Å². The first kappa shape index (κ1) is 22.8. The minimum Gasteiger partial charge on any atom is -0.383 e. The molecule has 0 saturated carbocycles. The average molecular weight is 482 g/mol. The van der Waals surface area contributed by atoms with Crippen LogP contribution in [0.2, 0.25) is 10.2 Å². The molecule has 2 aromatic rings. The number of Topliss-reactive ketones (excluding diaryl/α,β-unsaturated/α-hetero) is 1.